The molecule has 0 aliphatic carbocycles. The second kappa shape index (κ2) is 9.67. The number of anilines is 1. The number of benzene rings is 1. The minimum atomic E-state index is -0.419. The van der Waals surface area contributed by atoms with Crippen LogP contribution < -0.4 is 15.0 Å². The average molecular weight is 449 g/mol. The molecule has 0 saturated carbocycles. The highest BCUT2D eigenvalue weighted by molar-refractivity contribution is 6.09. The molecular formula is C26H29FN4O2. The Morgan fingerprint density at radius 3 is 2.88 bits per heavy atom. The Bertz CT molecular complexity index is 1120. The van der Waals surface area contributed by atoms with Crippen LogP contribution in [0.5, 0.6) is 11.5 Å². The summed E-state index contributed by atoms with van der Waals surface area (Å²) in [5, 5.41) is 3.47. The SMILES string of the molecule is C=C/C=C(C(C)=O)\C(=C/C)c1cc(F)ccc1Oc1cncnc1N1CCC2(CCNC2)C1. The molecule has 172 valence electrons. The fourth-order valence-corrected chi connectivity index (χ4v) is 4.77. The van der Waals surface area contributed by atoms with Gasteiger partial charge in [-0.25, -0.2) is 14.4 Å². The number of aromatic nitrogens is 2. The number of ether oxygens (including phenoxy) is 1. The summed E-state index contributed by atoms with van der Waals surface area (Å²) in [6, 6.07) is 4.29. The van der Waals surface area contributed by atoms with Crippen LogP contribution in [-0.2, 0) is 4.79 Å². The maximum absolute atomic E-state index is 14.3. The van der Waals surface area contributed by atoms with Gasteiger partial charge in [0.2, 0.25) is 0 Å². The van der Waals surface area contributed by atoms with Gasteiger partial charge < -0.3 is 15.0 Å². The lowest BCUT2D eigenvalue weighted by Crippen LogP contribution is -2.29. The first-order valence-corrected chi connectivity index (χ1v) is 11.2. The lowest BCUT2D eigenvalue weighted by atomic mass is 9.87. The molecule has 2 aromatic rings. The second-order valence-corrected chi connectivity index (χ2v) is 8.63. The number of Topliss-reactive ketones (excluding diaryl/α,β-unsaturated/α-hetero) is 1. The molecule has 0 amide bonds. The molecule has 2 fully saturated rings. The van der Waals surface area contributed by atoms with E-state index in [0.717, 1.165) is 44.8 Å². The maximum atomic E-state index is 14.3. The number of carbonyl (C=O) groups is 1. The average Bonchev–Trinajstić information content (AvgIpc) is 3.45. The van der Waals surface area contributed by atoms with Crippen molar-refractivity contribution in [2.24, 2.45) is 5.41 Å². The molecule has 3 heterocycles. The summed E-state index contributed by atoms with van der Waals surface area (Å²) in [5.74, 6) is 1.08. The van der Waals surface area contributed by atoms with Crippen LogP contribution >= 0.6 is 0 Å². The molecule has 4 rings (SSSR count). The van der Waals surface area contributed by atoms with Crippen LogP contribution in [0.15, 0.2) is 61.1 Å². The molecule has 1 unspecified atom stereocenters. The zero-order valence-corrected chi connectivity index (χ0v) is 19.1. The number of ketones is 1. The fourth-order valence-electron chi connectivity index (χ4n) is 4.77. The largest absolute Gasteiger partial charge is 0.451 e. The second-order valence-electron chi connectivity index (χ2n) is 8.63. The van der Waals surface area contributed by atoms with E-state index >= 15 is 0 Å². The summed E-state index contributed by atoms with van der Waals surface area (Å²) in [5.41, 5.74) is 1.76. The van der Waals surface area contributed by atoms with Crippen LogP contribution in [0.4, 0.5) is 10.2 Å². The van der Waals surface area contributed by atoms with Crippen LogP contribution in [0.25, 0.3) is 5.57 Å². The van der Waals surface area contributed by atoms with Crippen LogP contribution in [0.1, 0.15) is 32.3 Å². The van der Waals surface area contributed by atoms with E-state index in [9.17, 15) is 9.18 Å². The van der Waals surface area contributed by atoms with Crippen molar-refractivity contribution in [3.63, 3.8) is 0 Å². The summed E-state index contributed by atoms with van der Waals surface area (Å²) < 4.78 is 20.6. The van der Waals surface area contributed by atoms with E-state index in [1.807, 2.05) is 0 Å². The molecule has 2 aliphatic rings. The Kier molecular flexibility index (Phi) is 6.70. The topological polar surface area (TPSA) is 67.3 Å². The van der Waals surface area contributed by atoms with Crippen molar-refractivity contribution in [2.75, 3.05) is 31.1 Å². The van der Waals surface area contributed by atoms with E-state index in [-0.39, 0.29) is 11.2 Å². The number of nitrogens with one attached hydrogen (secondary N) is 1. The molecule has 0 radical (unpaired) electrons. The number of halogens is 1. The summed E-state index contributed by atoms with van der Waals surface area (Å²) in [6.07, 6.45) is 10.4. The van der Waals surface area contributed by atoms with E-state index in [1.165, 1.54) is 25.4 Å². The Labute approximate surface area is 193 Å². The van der Waals surface area contributed by atoms with Crippen molar-refractivity contribution in [3.8, 4) is 11.5 Å². The van der Waals surface area contributed by atoms with E-state index in [1.54, 1.807) is 37.4 Å². The zero-order valence-electron chi connectivity index (χ0n) is 19.1. The Morgan fingerprint density at radius 1 is 1.33 bits per heavy atom. The molecule has 1 atom stereocenters. The standard InChI is InChI=1S/C26H29FN4O2/c1-4-6-21(18(3)32)20(5-2)22-13-19(27)7-8-23(22)33-24-14-29-17-30-25(24)31-12-10-26(16-31)9-11-28-15-26/h4-8,13-14,17,28H,1,9-12,15-16H2,2-3H3/b20-5+,21-6-. The Morgan fingerprint density at radius 2 is 2.18 bits per heavy atom. The summed E-state index contributed by atoms with van der Waals surface area (Å²) in [6.45, 7) is 10.8. The van der Waals surface area contributed by atoms with E-state index in [2.05, 4.69) is 26.8 Å². The first-order chi connectivity index (χ1) is 16.0. The normalized spacial score (nSPS) is 21.0. The highest BCUT2D eigenvalue weighted by Gasteiger charge is 2.41. The first kappa shape index (κ1) is 22.9. The molecule has 2 saturated heterocycles. The quantitative estimate of drug-likeness (QED) is 0.489. The number of rotatable bonds is 7. The Hall–Kier alpha value is -3.32. The van der Waals surface area contributed by atoms with Gasteiger partial charge in [-0.05, 0) is 57.0 Å². The van der Waals surface area contributed by atoms with Crippen molar-refractivity contribution >= 4 is 17.2 Å². The molecular weight excluding hydrogens is 419 g/mol. The highest BCUT2D eigenvalue weighted by atomic mass is 19.1. The summed E-state index contributed by atoms with van der Waals surface area (Å²) in [7, 11) is 0. The molecule has 1 spiro atoms. The molecule has 33 heavy (non-hydrogen) atoms. The van der Waals surface area contributed by atoms with Crippen molar-refractivity contribution in [1.29, 1.82) is 0 Å². The maximum Gasteiger partial charge on any atom is 0.188 e. The molecule has 7 heteroatoms. The van der Waals surface area contributed by atoms with E-state index < -0.39 is 5.82 Å². The monoisotopic (exact) mass is 448 g/mol. The van der Waals surface area contributed by atoms with Crippen molar-refractivity contribution < 1.29 is 13.9 Å². The van der Waals surface area contributed by atoms with E-state index in [4.69, 9.17) is 4.74 Å². The lowest BCUT2D eigenvalue weighted by molar-refractivity contribution is -0.113. The molecule has 1 N–H and O–H groups in total. The molecule has 2 aliphatic heterocycles. The van der Waals surface area contributed by atoms with Crippen LogP contribution in [0.2, 0.25) is 0 Å². The van der Waals surface area contributed by atoms with Crippen LogP contribution in [0, 0.1) is 11.2 Å². The number of hydrogen-bond acceptors (Lipinski definition) is 6. The van der Waals surface area contributed by atoms with Gasteiger partial charge in [-0.2, -0.15) is 0 Å². The van der Waals surface area contributed by atoms with Crippen molar-refractivity contribution in [2.45, 2.75) is 26.7 Å². The van der Waals surface area contributed by atoms with Crippen LogP contribution in [-0.4, -0.2) is 41.9 Å². The smallest absolute Gasteiger partial charge is 0.188 e. The van der Waals surface area contributed by atoms with Gasteiger partial charge in [0.25, 0.3) is 0 Å². The first-order valence-electron chi connectivity index (χ1n) is 11.2. The van der Waals surface area contributed by atoms with Gasteiger partial charge in [0, 0.05) is 36.2 Å². The minimum absolute atomic E-state index is 0.144. The molecule has 6 nitrogen and oxygen atoms in total. The predicted molar refractivity (Wildman–Crippen MR) is 128 cm³/mol. The molecule has 1 aromatic carbocycles. The fraction of sp³-hybridized carbons (Fsp3) is 0.346. The molecule has 0 bridgehead atoms. The van der Waals surface area contributed by atoms with Gasteiger partial charge in [0.15, 0.2) is 17.4 Å². The van der Waals surface area contributed by atoms with Gasteiger partial charge >= 0.3 is 0 Å². The molecule has 1 aromatic heterocycles. The third-order valence-corrected chi connectivity index (χ3v) is 6.42. The van der Waals surface area contributed by atoms with Gasteiger partial charge in [-0.15, -0.1) is 0 Å². The lowest BCUT2D eigenvalue weighted by Gasteiger charge is -2.24. The van der Waals surface area contributed by atoms with Crippen molar-refractivity contribution in [3.05, 3.63) is 72.5 Å². The van der Waals surface area contributed by atoms with Gasteiger partial charge in [0.05, 0.1) is 6.20 Å². The third kappa shape index (κ3) is 4.73. The summed E-state index contributed by atoms with van der Waals surface area (Å²) in [4.78, 5) is 23.2. The van der Waals surface area contributed by atoms with Gasteiger partial charge in [-0.1, -0.05) is 24.8 Å². The minimum Gasteiger partial charge on any atom is -0.451 e. The van der Waals surface area contributed by atoms with Crippen LogP contribution in [0.3, 0.4) is 0 Å². The third-order valence-electron chi connectivity index (χ3n) is 6.42. The van der Waals surface area contributed by atoms with Crippen molar-refractivity contribution in [1.82, 2.24) is 15.3 Å². The highest BCUT2D eigenvalue weighted by Crippen LogP contribution is 2.42. The predicted octanol–water partition coefficient (Wildman–Crippen LogP) is 4.70. The zero-order chi connectivity index (χ0) is 23.4. The van der Waals surface area contributed by atoms with Gasteiger partial charge in [-0.3, -0.25) is 4.79 Å². The number of carbonyl (C=O) groups excluding carboxylic acids is 1. The number of hydrogen-bond donors (Lipinski definition) is 1. The van der Waals surface area contributed by atoms with E-state index in [0.29, 0.717) is 28.2 Å². The summed E-state index contributed by atoms with van der Waals surface area (Å²) >= 11 is 0. The van der Waals surface area contributed by atoms with Gasteiger partial charge in [0.1, 0.15) is 17.9 Å². The number of nitrogens with zero attached hydrogens (tertiary/aromatic N) is 3. The number of allylic oxidation sites excluding steroid dienone is 5. The Balaban J connectivity index is 1.70.